The molecule has 0 saturated carbocycles. The van der Waals surface area contributed by atoms with Crippen LogP contribution in [0.3, 0.4) is 0 Å². The van der Waals surface area contributed by atoms with Crippen LogP contribution in [-0.2, 0) is 9.31 Å². The van der Waals surface area contributed by atoms with E-state index in [-0.39, 0.29) is 10.5 Å². The molecule has 2 saturated heterocycles. The summed E-state index contributed by atoms with van der Waals surface area (Å²) < 4.78 is 135. The minimum atomic E-state index is -3.95. The van der Waals surface area contributed by atoms with E-state index in [1.807, 2.05) is 0 Å². The van der Waals surface area contributed by atoms with E-state index in [9.17, 15) is 0 Å². The number of piperidine rings is 1. The Hall–Kier alpha value is -1.07. The van der Waals surface area contributed by atoms with Crippen LogP contribution < -0.4 is 10.5 Å². The lowest BCUT2D eigenvalue weighted by Crippen LogP contribution is -2.41. The summed E-state index contributed by atoms with van der Waals surface area (Å²) in [5, 5.41) is 0. The fraction of sp³-hybridized carbons (Fsp3) is 0.706. The van der Waals surface area contributed by atoms with E-state index >= 15 is 0 Å². The van der Waals surface area contributed by atoms with Crippen LogP contribution in [0.2, 0.25) is 0 Å². The third-order valence-electron chi connectivity index (χ3n) is 3.87. The van der Waals surface area contributed by atoms with Gasteiger partial charge in [-0.1, -0.05) is 6.85 Å². The molecule has 2 fully saturated rings. The van der Waals surface area contributed by atoms with Crippen LogP contribution in [0.1, 0.15) is 67.9 Å². The molecule has 5 heteroatoms. The summed E-state index contributed by atoms with van der Waals surface area (Å²) in [7, 11) is -1.34. The second-order valence-corrected chi connectivity index (χ2v) is 5.98. The van der Waals surface area contributed by atoms with Gasteiger partial charge in [-0.25, -0.2) is 0 Å². The predicted molar refractivity (Wildman–Crippen MR) is 90.6 cm³/mol. The molecule has 0 N–H and O–H groups in total. The van der Waals surface area contributed by atoms with Crippen LogP contribution in [-0.4, -0.2) is 36.3 Å². The first-order chi connectivity index (χ1) is 16.1. The van der Waals surface area contributed by atoms with E-state index in [1.165, 1.54) is 0 Å². The molecule has 0 aromatic carbocycles. The molecule has 2 aliphatic rings. The summed E-state index contributed by atoms with van der Waals surface area (Å²) in [5.74, 6) is -3.95. The predicted octanol–water partition coefficient (Wildman–Crippen LogP) is 2.62. The number of nitrogens with zero attached hydrogens (tertiary/aromatic N) is 2. The first-order valence-electron chi connectivity index (χ1n) is 14.3. The van der Waals surface area contributed by atoms with Gasteiger partial charge in [0.15, 0.2) is 0 Å². The number of hydrogen-bond donors (Lipinski definition) is 0. The van der Waals surface area contributed by atoms with Crippen LogP contribution in [0.15, 0.2) is 18.3 Å². The van der Waals surface area contributed by atoms with Gasteiger partial charge < -0.3 is 14.2 Å². The number of hydrogen-bond acceptors (Lipinski definition) is 4. The smallest absolute Gasteiger partial charge is 0.398 e. The summed E-state index contributed by atoms with van der Waals surface area (Å²) in [5.41, 5.74) is -3.30. The maximum absolute atomic E-state index is 8.50. The Balaban J connectivity index is 2.33. The van der Waals surface area contributed by atoms with Crippen LogP contribution in [0.25, 0.3) is 0 Å². The molecule has 3 rings (SSSR count). The number of aromatic nitrogens is 1. The van der Waals surface area contributed by atoms with Gasteiger partial charge in [0.1, 0.15) is 0 Å². The first kappa shape index (κ1) is 5.78. The van der Waals surface area contributed by atoms with Crippen molar-refractivity contribution in [1.82, 2.24) is 4.98 Å². The van der Waals surface area contributed by atoms with E-state index in [1.54, 1.807) is 27.7 Å². The van der Waals surface area contributed by atoms with Gasteiger partial charge in [0.25, 0.3) is 0 Å². The van der Waals surface area contributed by atoms with Gasteiger partial charge >= 0.3 is 7.12 Å². The molecule has 0 spiro atoms. The third-order valence-corrected chi connectivity index (χ3v) is 3.87. The zero-order valence-electron chi connectivity index (χ0n) is 27.8. The normalized spacial score (nSPS) is 50.3. The van der Waals surface area contributed by atoms with Gasteiger partial charge in [0.2, 0.25) is 0 Å². The van der Waals surface area contributed by atoms with Gasteiger partial charge in [0.05, 0.1) is 26.6 Å². The highest BCUT2D eigenvalue weighted by Gasteiger charge is 2.52. The number of anilines is 1. The Labute approximate surface area is 155 Å². The lowest BCUT2D eigenvalue weighted by molar-refractivity contribution is 0.00578. The minimum Gasteiger partial charge on any atom is -0.398 e. The molecule has 1 aromatic rings. The Kier molecular flexibility index (Phi) is 1.45. The molecule has 0 amide bonds. The highest BCUT2D eigenvalue weighted by Crippen LogP contribution is 2.36. The molecule has 1 unspecified atom stereocenters. The van der Waals surface area contributed by atoms with Gasteiger partial charge in [0, 0.05) is 35.6 Å². The van der Waals surface area contributed by atoms with Crippen LogP contribution in [0.4, 0.5) is 5.69 Å². The van der Waals surface area contributed by atoms with Gasteiger partial charge in [-0.05, 0) is 58.4 Å². The number of pyridine rings is 1. The maximum Gasteiger partial charge on any atom is 0.514 e. The average Bonchev–Trinajstić information content (AvgIpc) is 2.91. The SMILES string of the molecule is [2H]c1nc(B2OC(C)(C)C(C)(C)O2)c([2H])c([2H])c1N1C([2H])([2H])C([2H])([2H])C([2H])([2H])C([2H])(C([2H])([2H])[2H])C1([2H])[2H]. The summed E-state index contributed by atoms with van der Waals surface area (Å²) >= 11 is 0. The molecule has 1 aromatic heterocycles. The van der Waals surface area contributed by atoms with Crippen molar-refractivity contribution in [2.75, 3.05) is 17.9 Å². The highest BCUT2D eigenvalue weighted by molar-refractivity contribution is 6.61. The van der Waals surface area contributed by atoms with Crippen LogP contribution >= 0.6 is 0 Å². The van der Waals surface area contributed by atoms with Crippen molar-refractivity contribution in [3.63, 3.8) is 0 Å². The van der Waals surface area contributed by atoms with Crippen molar-refractivity contribution in [2.45, 2.75) is 58.5 Å². The zero-order valence-corrected chi connectivity index (χ0v) is 12.8. The molecular weight excluding hydrogens is 275 g/mol. The quantitative estimate of drug-likeness (QED) is 0.786. The van der Waals surface area contributed by atoms with Crippen molar-refractivity contribution in [3.8, 4) is 0 Å². The van der Waals surface area contributed by atoms with Crippen molar-refractivity contribution >= 4 is 18.4 Å². The van der Waals surface area contributed by atoms with Crippen LogP contribution in [0.5, 0.6) is 0 Å². The van der Waals surface area contributed by atoms with E-state index in [4.69, 9.17) is 29.9 Å². The third kappa shape index (κ3) is 2.89. The lowest BCUT2D eigenvalue weighted by Gasteiger charge is -2.32. The number of rotatable bonds is 2. The molecular formula is C17H27BN2O2. The van der Waals surface area contributed by atoms with E-state index in [2.05, 4.69) is 4.98 Å². The summed E-state index contributed by atoms with van der Waals surface area (Å²) in [4.78, 5) is 3.62. The average molecular weight is 317 g/mol. The largest absolute Gasteiger partial charge is 0.514 e. The fourth-order valence-electron chi connectivity index (χ4n) is 1.89. The molecule has 0 radical (unpaired) electrons. The zero-order chi connectivity index (χ0) is 29.2. The minimum absolute atomic E-state index is 0.246. The van der Waals surface area contributed by atoms with Gasteiger partial charge in [-0.15, -0.1) is 0 Å². The maximum atomic E-state index is 8.50. The fourth-order valence-corrected chi connectivity index (χ4v) is 1.89. The van der Waals surface area contributed by atoms with E-state index < -0.39 is 80.8 Å². The summed E-state index contributed by atoms with van der Waals surface area (Å²) in [6.07, 6.45) is -8.84. The molecule has 4 nitrogen and oxygen atoms in total. The Morgan fingerprint density at radius 1 is 1.41 bits per heavy atom. The summed E-state index contributed by atoms with van der Waals surface area (Å²) in [6, 6.07) is -1.83. The second-order valence-electron chi connectivity index (χ2n) is 5.98. The Bertz CT molecular complexity index is 1110. The highest BCUT2D eigenvalue weighted by atomic mass is 16.7. The van der Waals surface area contributed by atoms with Crippen molar-refractivity contribution in [2.24, 2.45) is 5.89 Å². The molecule has 0 bridgehead atoms. The molecule has 22 heavy (non-hydrogen) atoms. The van der Waals surface area contributed by atoms with Crippen molar-refractivity contribution in [3.05, 3.63) is 18.3 Å². The van der Waals surface area contributed by atoms with Gasteiger partial charge in [-0.3, -0.25) is 4.98 Å². The van der Waals surface area contributed by atoms with Crippen molar-refractivity contribution < 1.29 is 29.9 Å². The Morgan fingerprint density at radius 3 is 2.82 bits per heavy atom. The molecule has 0 aliphatic carbocycles. The van der Waals surface area contributed by atoms with Crippen LogP contribution in [0, 0.1) is 5.89 Å². The standard InChI is InChI=1S/C17H27BN2O2/c1-13-7-6-10-20(12-13)14-8-9-15(19-11-14)18-21-16(2,3)17(4,5)22-18/h8-9,11,13H,6-7,10,12H2,1-5H3/i1D3,6D2,7D2,8D,9D,10D2,11D,12D2,13D. The van der Waals surface area contributed by atoms with E-state index in [0.29, 0.717) is 0 Å². The first-order valence-corrected chi connectivity index (χ1v) is 6.79. The molecule has 1 atom stereocenters. The van der Waals surface area contributed by atoms with E-state index in [0.717, 1.165) is 0 Å². The molecule has 120 valence electrons. The van der Waals surface area contributed by atoms with Crippen molar-refractivity contribution in [1.29, 1.82) is 0 Å². The lowest BCUT2D eigenvalue weighted by atomic mass is 9.84. The van der Waals surface area contributed by atoms with Gasteiger partial charge in [-0.2, -0.15) is 0 Å². The molecule has 2 aliphatic heterocycles. The molecule has 3 heterocycles. The second kappa shape index (κ2) is 5.53. The Morgan fingerprint density at radius 2 is 2.14 bits per heavy atom. The summed E-state index contributed by atoms with van der Waals surface area (Å²) in [6.45, 7) is -4.67. The monoisotopic (exact) mass is 317 g/mol. The topological polar surface area (TPSA) is 34.6 Å².